The topological polar surface area (TPSA) is 102 Å². The Morgan fingerprint density at radius 1 is 1.23 bits per heavy atom. The minimum absolute atomic E-state index is 0.0925. The number of likely N-dealkylation sites (tertiary alicyclic amines) is 1. The van der Waals surface area contributed by atoms with Crippen LogP contribution >= 0.6 is 23.2 Å². The summed E-state index contributed by atoms with van der Waals surface area (Å²) in [6, 6.07) is 6.43. The molecule has 0 bridgehead atoms. The highest BCUT2D eigenvalue weighted by Gasteiger charge is 2.30. The van der Waals surface area contributed by atoms with E-state index in [1.54, 1.807) is 30.0 Å². The number of amides is 2. The summed E-state index contributed by atoms with van der Waals surface area (Å²) in [5.41, 5.74) is 0.650. The van der Waals surface area contributed by atoms with Crippen LogP contribution in [-0.2, 0) is 19.1 Å². The minimum atomic E-state index is -0.391. The second-order valence-corrected chi connectivity index (χ2v) is 9.01. The van der Waals surface area contributed by atoms with Gasteiger partial charge in [0.15, 0.2) is 11.5 Å². The standard InChI is InChI=1S/C24H29Cl2N3O6/c1-3-34-24(32)16-5-4-9-29(15-16)22(30)8-10-28(11-12-33-2)23(31)20-14-21(35-27-20)18-7-6-17(25)13-19(18)26/h6-7,13-14,16H,3-5,8-12,15H2,1-2H3/t16-/m1/s1. The van der Waals surface area contributed by atoms with E-state index < -0.39 is 5.91 Å². The van der Waals surface area contributed by atoms with Crippen LogP contribution in [0, 0.1) is 5.92 Å². The van der Waals surface area contributed by atoms with Crippen molar-refractivity contribution in [2.45, 2.75) is 26.2 Å². The van der Waals surface area contributed by atoms with Crippen molar-refractivity contribution in [2.75, 3.05) is 46.5 Å². The Labute approximate surface area is 214 Å². The first-order valence-electron chi connectivity index (χ1n) is 11.5. The summed E-state index contributed by atoms with van der Waals surface area (Å²) < 4.78 is 15.6. The first-order chi connectivity index (χ1) is 16.8. The summed E-state index contributed by atoms with van der Waals surface area (Å²) in [7, 11) is 1.54. The molecule has 0 aliphatic carbocycles. The van der Waals surface area contributed by atoms with E-state index in [4.69, 9.17) is 37.2 Å². The van der Waals surface area contributed by atoms with Gasteiger partial charge in [-0.3, -0.25) is 14.4 Å². The van der Waals surface area contributed by atoms with Crippen molar-refractivity contribution in [3.05, 3.63) is 40.0 Å². The number of aromatic nitrogens is 1. The van der Waals surface area contributed by atoms with Gasteiger partial charge in [0.1, 0.15) is 0 Å². The van der Waals surface area contributed by atoms with Crippen LogP contribution in [-0.4, -0.2) is 79.2 Å². The van der Waals surface area contributed by atoms with E-state index in [-0.39, 0.29) is 43.0 Å². The summed E-state index contributed by atoms with van der Waals surface area (Å²) in [5.74, 6) is -0.770. The van der Waals surface area contributed by atoms with E-state index in [1.807, 2.05) is 0 Å². The number of rotatable bonds is 10. The Kier molecular flexibility index (Phi) is 9.94. The molecule has 1 saturated heterocycles. The number of halogens is 2. The summed E-state index contributed by atoms with van der Waals surface area (Å²) in [4.78, 5) is 41.3. The van der Waals surface area contributed by atoms with Gasteiger partial charge in [-0.15, -0.1) is 0 Å². The number of carbonyl (C=O) groups excluding carboxylic acids is 3. The van der Waals surface area contributed by atoms with Gasteiger partial charge in [-0.2, -0.15) is 0 Å². The Balaban J connectivity index is 1.64. The molecule has 2 aromatic rings. The molecule has 2 amide bonds. The fourth-order valence-corrected chi connectivity index (χ4v) is 4.42. The van der Waals surface area contributed by atoms with Crippen LogP contribution in [0.25, 0.3) is 11.3 Å². The van der Waals surface area contributed by atoms with Crippen molar-refractivity contribution < 1.29 is 28.4 Å². The van der Waals surface area contributed by atoms with Crippen LogP contribution in [0.5, 0.6) is 0 Å². The molecule has 35 heavy (non-hydrogen) atoms. The highest BCUT2D eigenvalue weighted by molar-refractivity contribution is 6.36. The molecule has 11 heteroatoms. The predicted molar refractivity (Wildman–Crippen MR) is 130 cm³/mol. The van der Waals surface area contributed by atoms with Gasteiger partial charge in [0, 0.05) is 56.4 Å². The molecular formula is C24H29Cl2N3O6. The third kappa shape index (κ3) is 7.19. The van der Waals surface area contributed by atoms with Gasteiger partial charge in [0.25, 0.3) is 5.91 Å². The zero-order valence-electron chi connectivity index (χ0n) is 19.8. The lowest BCUT2D eigenvalue weighted by atomic mass is 9.98. The third-order valence-electron chi connectivity index (χ3n) is 5.77. The SMILES string of the molecule is CCOC(=O)[C@@H]1CCCN(C(=O)CCN(CCOC)C(=O)c2cc(-c3ccc(Cl)cc3Cl)on2)C1. The number of benzene rings is 1. The van der Waals surface area contributed by atoms with Crippen molar-refractivity contribution in [2.24, 2.45) is 5.92 Å². The number of hydrogen-bond acceptors (Lipinski definition) is 7. The number of methoxy groups -OCH3 is 1. The number of esters is 1. The third-order valence-corrected chi connectivity index (χ3v) is 6.32. The van der Waals surface area contributed by atoms with E-state index in [1.165, 1.54) is 18.1 Å². The Morgan fingerprint density at radius 2 is 2.03 bits per heavy atom. The van der Waals surface area contributed by atoms with Crippen LogP contribution < -0.4 is 0 Å². The zero-order valence-corrected chi connectivity index (χ0v) is 21.3. The van der Waals surface area contributed by atoms with Crippen LogP contribution in [0.3, 0.4) is 0 Å². The fraction of sp³-hybridized carbons (Fsp3) is 0.500. The maximum Gasteiger partial charge on any atom is 0.310 e. The van der Waals surface area contributed by atoms with Crippen LogP contribution in [0.2, 0.25) is 10.0 Å². The second kappa shape index (κ2) is 12.9. The number of ether oxygens (including phenoxy) is 2. The lowest BCUT2D eigenvalue weighted by Gasteiger charge is -2.32. The fourth-order valence-electron chi connectivity index (χ4n) is 3.92. The molecule has 0 spiro atoms. The maximum atomic E-state index is 13.1. The molecule has 0 saturated carbocycles. The average Bonchev–Trinajstić information content (AvgIpc) is 3.33. The van der Waals surface area contributed by atoms with Crippen LogP contribution in [0.4, 0.5) is 0 Å². The van der Waals surface area contributed by atoms with Crippen molar-refractivity contribution in [1.29, 1.82) is 0 Å². The van der Waals surface area contributed by atoms with E-state index >= 15 is 0 Å². The van der Waals surface area contributed by atoms with Gasteiger partial charge in [-0.05, 0) is 38.0 Å². The highest BCUT2D eigenvalue weighted by atomic mass is 35.5. The predicted octanol–water partition coefficient (Wildman–Crippen LogP) is 3.93. The number of carbonyl (C=O) groups is 3. The molecule has 9 nitrogen and oxygen atoms in total. The van der Waals surface area contributed by atoms with Crippen LogP contribution in [0.15, 0.2) is 28.8 Å². The maximum absolute atomic E-state index is 13.1. The van der Waals surface area contributed by atoms with Crippen molar-refractivity contribution in [3.63, 3.8) is 0 Å². The lowest BCUT2D eigenvalue weighted by Crippen LogP contribution is -2.44. The van der Waals surface area contributed by atoms with E-state index in [9.17, 15) is 14.4 Å². The number of piperidine rings is 1. The first-order valence-corrected chi connectivity index (χ1v) is 12.2. The van der Waals surface area contributed by atoms with Gasteiger partial charge in [0.2, 0.25) is 5.91 Å². The van der Waals surface area contributed by atoms with Crippen molar-refractivity contribution in [3.8, 4) is 11.3 Å². The van der Waals surface area contributed by atoms with Crippen molar-refractivity contribution in [1.82, 2.24) is 15.0 Å². The molecule has 0 N–H and O–H groups in total. The molecule has 1 aromatic heterocycles. The van der Waals surface area contributed by atoms with Crippen molar-refractivity contribution >= 4 is 41.0 Å². The zero-order chi connectivity index (χ0) is 25.4. The Morgan fingerprint density at radius 3 is 2.74 bits per heavy atom. The van der Waals surface area contributed by atoms with Gasteiger partial charge < -0.3 is 23.8 Å². The molecule has 0 unspecified atom stereocenters. The average molecular weight is 526 g/mol. The first kappa shape index (κ1) is 27.0. The van der Waals surface area contributed by atoms with Gasteiger partial charge in [-0.25, -0.2) is 0 Å². The molecule has 3 rings (SSSR count). The lowest BCUT2D eigenvalue weighted by molar-refractivity contribution is -0.151. The molecule has 1 fully saturated rings. The molecule has 1 aromatic carbocycles. The largest absolute Gasteiger partial charge is 0.466 e. The quantitative estimate of drug-likeness (QED) is 0.433. The molecule has 1 atom stereocenters. The molecular weight excluding hydrogens is 497 g/mol. The molecule has 2 heterocycles. The summed E-state index contributed by atoms with van der Waals surface area (Å²) in [6.07, 6.45) is 1.54. The van der Waals surface area contributed by atoms with Gasteiger partial charge in [0.05, 0.1) is 24.2 Å². The monoisotopic (exact) mass is 525 g/mol. The summed E-state index contributed by atoms with van der Waals surface area (Å²) >= 11 is 12.2. The second-order valence-electron chi connectivity index (χ2n) is 8.17. The molecule has 0 radical (unpaired) electrons. The number of hydrogen-bond donors (Lipinski definition) is 0. The minimum Gasteiger partial charge on any atom is -0.466 e. The Hall–Kier alpha value is -2.62. The van der Waals surface area contributed by atoms with E-state index in [0.29, 0.717) is 54.1 Å². The summed E-state index contributed by atoms with van der Waals surface area (Å²) in [5, 5.41) is 4.75. The molecule has 1 aliphatic heterocycles. The van der Waals surface area contributed by atoms with Crippen LogP contribution in [0.1, 0.15) is 36.7 Å². The number of nitrogens with zero attached hydrogens (tertiary/aromatic N) is 3. The molecule has 1 aliphatic rings. The smallest absolute Gasteiger partial charge is 0.310 e. The van der Waals surface area contributed by atoms with E-state index in [2.05, 4.69) is 5.16 Å². The highest BCUT2D eigenvalue weighted by Crippen LogP contribution is 2.31. The normalized spacial score (nSPS) is 15.7. The van der Waals surface area contributed by atoms with Gasteiger partial charge in [-0.1, -0.05) is 28.4 Å². The van der Waals surface area contributed by atoms with E-state index in [0.717, 1.165) is 6.42 Å². The molecule has 190 valence electrons. The van der Waals surface area contributed by atoms with Gasteiger partial charge >= 0.3 is 5.97 Å². The summed E-state index contributed by atoms with van der Waals surface area (Å²) in [6.45, 7) is 3.73. The Bertz CT molecular complexity index is 1040.